The summed E-state index contributed by atoms with van der Waals surface area (Å²) in [6.45, 7) is 1.38. The first-order valence-corrected chi connectivity index (χ1v) is 6.59. The highest BCUT2D eigenvalue weighted by Gasteiger charge is 2.55. The van der Waals surface area contributed by atoms with Gasteiger partial charge in [-0.2, -0.15) is 0 Å². The van der Waals surface area contributed by atoms with Crippen LogP contribution < -0.4 is 15.5 Å². The third kappa shape index (κ3) is 1.38. The number of nitrogens with one attached hydrogen (secondary N) is 2. The number of rotatable bonds is 0. The van der Waals surface area contributed by atoms with Gasteiger partial charge in [-0.3, -0.25) is 9.59 Å². The van der Waals surface area contributed by atoms with E-state index in [0.717, 1.165) is 11.3 Å². The number of carbonyl (C=O) groups is 2. The van der Waals surface area contributed by atoms with Crippen LogP contribution in [0.25, 0.3) is 0 Å². The third-order valence-corrected chi connectivity index (χ3v) is 3.82. The van der Waals surface area contributed by atoms with Crippen LogP contribution >= 0.6 is 0 Å². The van der Waals surface area contributed by atoms with Crippen molar-refractivity contribution in [3.8, 4) is 0 Å². The molecule has 0 saturated carbocycles. The van der Waals surface area contributed by atoms with Gasteiger partial charge < -0.3 is 10.6 Å². The van der Waals surface area contributed by atoms with Crippen LogP contribution in [0.1, 0.15) is 12.5 Å². The fraction of sp³-hybridized carbons (Fsp3) is 0.133. The SMILES string of the molecule is CC(=O)N1C(=O)C2(Nc3cccnc3N2)c2ccccc21. The highest BCUT2D eigenvalue weighted by molar-refractivity contribution is 6.24. The van der Waals surface area contributed by atoms with Crippen molar-refractivity contribution in [2.24, 2.45) is 0 Å². The molecule has 104 valence electrons. The van der Waals surface area contributed by atoms with Crippen molar-refractivity contribution in [2.75, 3.05) is 15.5 Å². The molecule has 0 bridgehead atoms. The molecule has 1 aromatic carbocycles. The van der Waals surface area contributed by atoms with Crippen LogP contribution in [-0.4, -0.2) is 16.8 Å². The molecule has 21 heavy (non-hydrogen) atoms. The number of hydrogen-bond donors (Lipinski definition) is 2. The summed E-state index contributed by atoms with van der Waals surface area (Å²) in [6, 6.07) is 10.9. The van der Waals surface area contributed by atoms with Crippen molar-refractivity contribution < 1.29 is 9.59 Å². The molecule has 0 fully saturated rings. The van der Waals surface area contributed by atoms with Crippen LogP contribution in [0.15, 0.2) is 42.6 Å². The first-order valence-electron chi connectivity index (χ1n) is 6.59. The summed E-state index contributed by atoms with van der Waals surface area (Å²) in [5, 5.41) is 6.32. The molecule has 4 rings (SSSR count). The second-order valence-corrected chi connectivity index (χ2v) is 5.08. The van der Waals surface area contributed by atoms with E-state index in [1.54, 1.807) is 24.4 Å². The third-order valence-electron chi connectivity index (χ3n) is 3.82. The maximum Gasteiger partial charge on any atom is 0.285 e. The lowest BCUT2D eigenvalue weighted by Crippen LogP contribution is -2.49. The fourth-order valence-corrected chi connectivity index (χ4v) is 2.95. The second kappa shape index (κ2) is 3.82. The smallest absolute Gasteiger partial charge is 0.285 e. The molecule has 2 aliphatic heterocycles. The number of pyridine rings is 1. The van der Waals surface area contributed by atoms with E-state index in [0.29, 0.717) is 11.5 Å². The maximum absolute atomic E-state index is 12.8. The molecule has 0 saturated heterocycles. The molecule has 1 aromatic heterocycles. The molecule has 2 N–H and O–H groups in total. The summed E-state index contributed by atoms with van der Waals surface area (Å²) in [7, 11) is 0. The van der Waals surface area contributed by atoms with Crippen LogP contribution in [0, 0.1) is 0 Å². The number of aromatic nitrogens is 1. The van der Waals surface area contributed by atoms with Gasteiger partial charge in [0.05, 0.1) is 11.4 Å². The number of benzene rings is 1. The zero-order chi connectivity index (χ0) is 14.6. The topological polar surface area (TPSA) is 74.3 Å². The number of fused-ring (bicyclic) bond motifs is 3. The lowest BCUT2D eigenvalue weighted by molar-refractivity contribution is -0.126. The Morgan fingerprint density at radius 3 is 2.76 bits per heavy atom. The van der Waals surface area contributed by atoms with Crippen molar-refractivity contribution in [3.05, 3.63) is 48.2 Å². The Kier molecular flexibility index (Phi) is 2.16. The molecule has 1 unspecified atom stereocenters. The van der Waals surface area contributed by atoms with Crippen molar-refractivity contribution in [1.82, 2.24) is 4.98 Å². The Balaban J connectivity index is 1.92. The van der Waals surface area contributed by atoms with E-state index < -0.39 is 5.66 Å². The van der Waals surface area contributed by atoms with Crippen LogP contribution in [0.3, 0.4) is 0 Å². The fourth-order valence-electron chi connectivity index (χ4n) is 2.95. The van der Waals surface area contributed by atoms with E-state index in [1.165, 1.54) is 11.8 Å². The van der Waals surface area contributed by atoms with E-state index >= 15 is 0 Å². The first-order chi connectivity index (χ1) is 10.1. The normalized spacial score (nSPS) is 21.8. The predicted molar refractivity (Wildman–Crippen MR) is 77.8 cm³/mol. The van der Waals surface area contributed by atoms with Crippen LogP contribution in [0.2, 0.25) is 0 Å². The number of carbonyl (C=O) groups excluding carboxylic acids is 2. The highest BCUT2D eigenvalue weighted by Crippen LogP contribution is 2.47. The van der Waals surface area contributed by atoms with Crippen molar-refractivity contribution in [3.63, 3.8) is 0 Å². The standard InChI is InChI=1S/C15H12N4O2/c1-9(20)19-12-7-3-2-5-10(12)15(14(19)21)17-11-6-4-8-16-13(11)18-15/h2-8,17H,1H3,(H,16,18). The molecule has 0 radical (unpaired) electrons. The summed E-state index contributed by atoms with van der Waals surface area (Å²) in [5.41, 5.74) is 0.913. The predicted octanol–water partition coefficient (Wildman–Crippen LogP) is 1.67. The largest absolute Gasteiger partial charge is 0.348 e. The molecule has 6 heteroatoms. The minimum atomic E-state index is -1.15. The lowest BCUT2D eigenvalue weighted by atomic mass is 10.0. The average Bonchev–Trinajstić information content (AvgIpc) is 2.97. The number of nitrogens with zero attached hydrogens (tertiary/aromatic N) is 2. The van der Waals surface area contributed by atoms with Gasteiger partial charge in [-0.25, -0.2) is 9.88 Å². The van der Waals surface area contributed by atoms with Gasteiger partial charge in [0.2, 0.25) is 11.6 Å². The van der Waals surface area contributed by atoms with E-state index in [9.17, 15) is 9.59 Å². The summed E-state index contributed by atoms with van der Waals surface area (Å²) in [5.74, 6) is -0.0444. The second-order valence-electron chi connectivity index (χ2n) is 5.08. The highest BCUT2D eigenvalue weighted by atomic mass is 16.2. The number of amides is 2. The number of anilines is 3. The number of imide groups is 1. The molecule has 2 aliphatic rings. The van der Waals surface area contributed by atoms with Gasteiger partial charge in [-0.05, 0) is 18.2 Å². The van der Waals surface area contributed by atoms with Gasteiger partial charge in [0, 0.05) is 18.7 Å². The zero-order valence-electron chi connectivity index (χ0n) is 11.3. The Bertz CT molecular complexity index is 762. The number of hydrogen-bond acceptors (Lipinski definition) is 5. The van der Waals surface area contributed by atoms with Crippen LogP contribution in [0.5, 0.6) is 0 Å². The summed E-state index contributed by atoms with van der Waals surface area (Å²) in [4.78, 5) is 30.1. The van der Waals surface area contributed by atoms with Crippen molar-refractivity contribution in [1.29, 1.82) is 0 Å². The summed E-state index contributed by atoms with van der Waals surface area (Å²) >= 11 is 0. The molecule has 3 heterocycles. The Morgan fingerprint density at radius 2 is 2.00 bits per heavy atom. The van der Waals surface area contributed by atoms with Gasteiger partial charge in [0.25, 0.3) is 5.91 Å². The number of para-hydroxylation sites is 1. The zero-order valence-corrected chi connectivity index (χ0v) is 11.3. The average molecular weight is 280 g/mol. The minimum absolute atomic E-state index is 0.308. The Hall–Kier alpha value is -2.89. The quantitative estimate of drug-likeness (QED) is 0.767. The van der Waals surface area contributed by atoms with Crippen molar-refractivity contribution >= 4 is 29.0 Å². The molecule has 1 atom stereocenters. The Morgan fingerprint density at radius 1 is 1.19 bits per heavy atom. The molecule has 2 aromatic rings. The van der Waals surface area contributed by atoms with E-state index in [2.05, 4.69) is 15.6 Å². The molecule has 6 nitrogen and oxygen atoms in total. The molecule has 0 aliphatic carbocycles. The van der Waals surface area contributed by atoms with E-state index in [1.807, 2.05) is 18.2 Å². The molecular formula is C15H12N4O2. The van der Waals surface area contributed by atoms with Gasteiger partial charge in [0.15, 0.2) is 5.82 Å². The monoisotopic (exact) mass is 280 g/mol. The van der Waals surface area contributed by atoms with Gasteiger partial charge in [-0.15, -0.1) is 0 Å². The minimum Gasteiger partial charge on any atom is -0.348 e. The van der Waals surface area contributed by atoms with Gasteiger partial charge in [-0.1, -0.05) is 18.2 Å². The maximum atomic E-state index is 12.8. The van der Waals surface area contributed by atoms with Crippen LogP contribution in [0.4, 0.5) is 17.2 Å². The summed E-state index contributed by atoms with van der Waals surface area (Å²) in [6.07, 6.45) is 1.65. The summed E-state index contributed by atoms with van der Waals surface area (Å²) < 4.78 is 0. The van der Waals surface area contributed by atoms with E-state index in [4.69, 9.17) is 0 Å². The molecular weight excluding hydrogens is 268 g/mol. The lowest BCUT2D eigenvalue weighted by Gasteiger charge is -2.24. The molecule has 2 amide bonds. The van der Waals surface area contributed by atoms with Gasteiger partial charge >= 0.3 is 0 Å². The van der Waals surface area contributed by atoms with Gasteiger partial charge in [0.1, 0.15) is 0 Å². The molecule has 1 spiro atoms. The Labute approximate surface area is 120 Å². The first kappa shape index (κ1) is 11.9. The van der Waals surface area contributed by atoms with E-state index in [-0.39, 0.29) is 11.8 Å². The van der Waals surface area contributed by atoms with Crippen LogP contribution in [-0.2, 0) is 15.3 Å². The van der Waals surface area contributed by atoms with Crippen molar-refractivity contribution in [2.45, 2.75) is 12.6 Å².